The first-order chi connectivity index (χ1) is 7.95. The second-order valence-corrected chi connectivity index (χ2v) is 3.97. The summed E-state index contributed by atoms with van der Waals surface area (Å²) in [6.45, 7) is 7.09. The zero-order valence-electron chi connectivity index (χ0n) is 10.9. The molecule has 17 heavy (non-hydrogen) atoms. The van der Waals surface area contributed by atoms with E-state index in [0.717, 1.165) is 6.21 Å². The Bertz CT molecular complexity index is 290. The molecule has 1 N–H and O–H groups in total. The van der Waals surface area contributed by atoms with Crippen LogP contribution in [0.1, 0.15) is 40.5 Å². The molecule has 0 amide bonds. The summed E-state index contributed by atoms with van der Waals surface area (Å²) in [6, 6.07) is 0. The Morgan fingerprint density at radius 1 is 1.35 bits per heavy atom. The van der Waals surface area contributed by atoms with E-state index < -0.39 is 23.5 Å². The van der Waals surface area contributed by atoms with Gasteiger partial charge in [-0.15, -0.1) is 0 Å². The lowest BCUT2D eigenvalue weighted by atomic mass is 9.89. The number of carbonyl (C=O) groups excluding carboxylic acids is 2. The Morgan fingerprint density at radius 2 is 1.94 bits per heavy atom. The van der Waals surface area contributed by atoms with E-state index in [1.165, 1.54) is 0 Å². The van der Waals surface area contributed by atoms with Gasteiger partial charge in [0.25, 0.3) is 0 Å². The molecule has 0 saturated carbocycles. The molecule has 2 unspecified atom stereocenters. The minimum atomic E-state index is -0.972. The number of carbonyl (C=O) groups is 2. The van der Waals surface area contributed by atoms with Gasteiger partial charge >= 0.3 is 11.9 Å². The summed E-state index contributed by atoms with van der Waals surface area (Å²) in [7, 11) is 0. The van der Waals surface area contributed by atoms with Crippen LogP contribution in [0.5, 0.6) is 0 Å². The molecular formula is C12H21NO4. The third kappa shape index (κ3) is 4.17. The molecule has 0 bridgehead atoms. The van der Waals surface area contributed by atoms with E-state index >= 15 is 0 Å². The highest BCUT2D eigenvalue weighted by molar-refractivity contribution is 5.94. The summed E-state index contributed by atoms with van der Waals surface area (Å²) in [5.74, 6) is -1.10. The van der Waals surface area contributed by atoms with Gasteiger partial charge in [0, 0.05) is 6.21 Å². The minimum absolute atomic E-state index is 0.252. The Kier molecular flexibility index (Phi) is 6.46. The van der Waals surface area contributed by atoms with Gasteiger partial charge in [-0.2, -0.15) is 0 Å². The maximum absolute atomic E-state index is 11.8. The predicted molar refractivity (Wildman–Crippen MR) is 64.0 cm³/mol. The number of hydrogen-bond acceptors (Lipinski definition) is 5. The van der Waals surface area contributed by atoms with Crippen molar-refractivity contribution >= 4 is 18.2 Å². The Labute approximate surface area is 102 Å². The predicted octanol–water partition coefficient (Wildman–Crippen LogP) is 1.94. The number of nitrogens with one attached hydrogen (secondary N) is 1. The summed E-state index contributed by atoms with van der Waals surface area (Å²) >= 11 is 0. The molecule has 0 aliphatic carbocycles. The highest BCUT2D eigenvalue weighted by Crippen LogP contribution is 2.21. The maximum Gasteiger partial charge on any atom is 0.347 e. The van der Waals surface area contributed by atoms with E-state index in [9.17, 15) is 9.59 Å². The molecule has 98 valence electrons. The summed E-state index contributed by atoms with van der Waals surface area (Å²) in [5, 5.41) is 7.23. The van der Waals surface area contributed by atoms with Crippen LogP contribution in [0.25, 0.3) is 0 Å². The zero-order chi connectivity index (χ0) is 13.5. The zero-order valence-corrected chi connectivity index (χ0v) is 10.9. The average Bonchev–Trinajstić information content (AvgIpc) is 2.34. The third-order valence-corrected chi connectivity index (χ3v) is 2.69. The van der Waals surface area contributed by atoms with Crippen LogP contribution < -0.4 is 0 Å². The van der Waals surface area contributed by atoms with Crippen molar-refractivity contribution in [2.75, 3.05) is 6.61 Å². The summed E-state index contributed by atoms with van der Waals surface area (Å²) in [5.41, 5.74) is -0.972. The van der Waals surface area contributed by atoms with E-state index in [2.05, 4.69) is 0 Å². The maximum atomic E-state index is 11.8. The summed E-state index contributed by atoms with van der Waals surface area (Å²) in [4.78, 5) is 23.3. The lowest BCUT2D eigenvalue weighted by molar-refractivity contribution is -0.171. The summed E-state index contributed by atoms with van der Waals surface area (Å²) in [6.07, 6.45) is 0.984. The van der Waals surface area contributed by atoms with Crippen molar-refractivity contribution in [3.8, 4) is 0 Å². The first-order valence-corrected chi connectivity index (χ1v) is 5.84. The molecule has 0 heterocycles. The van der Waals surface area contributed by atoms with Gasteiger partial charge in [0.15, 0.2) is 6.10 Å². The van der Waals surface area contributed by atoms with Gasteiger partial charge in [-0.3, -0.25) is 4.79 Å². The Balaban J connectivity index is 4.63. The van der Waals surface area contributed by atoms with Crippen LogP contribution in [0.3, 0.4) is 0 Å². The topological polar surface area (TPSA) is 76.5 Å². The van der Waals surface area contributed by atoms with Crippen LogP contribution in [0, 0.1) is 10.8 Å². The SMILES string of the molecule is CCOC(=O)C(CC)OC(=O)C(C)(C=N)CC. The van der Waals surface area contributed by atoms with Crippen LogP contribution >= 0.6 is 0 Å². The van der Waals surface area contributed by atoms with Crippen molar-refractivity contribution in [3.05, 3.63) is 0 Å². The van der Waals surface area contributed by atoms with Gasteiger partial charge in [-0.05, 0) is 26.7 Å². The van der Waals surface area contributed by atoms with E-state index in [0.29, 0.717) is 12.8 Å². The van der Waals surface area contributed by atoms with E-state index in [-0.39, 0.29) is 6.61 Å². The van der Waals surface area contributed by atoms with Crippen molar-refractivity contribution in [1.82, 2.24) is 0 Å². The molecule has 0 saturated heterocycles. The average molecular weight is 243 g/mol. The van der Waals surface area contributed by atoms with Gasteiger partial charge < -0.3 is 14.9 Å². The van der Waals surface area contributed by atoms with Crippen LogP contribution in [-0.4, -0.2) is 30.9 Å². The molecule has 0 aliphatic rings. The molecule has 0 fully saturated rings. The smallest absolute Gasteiger partial charge is 0.347 e. The molecule has 0 aliphatic heterocycles. The second-order valence-electron chi connectivity index (χ2n) is 3.97. The van der Waals surface area contributed by atoms with E-state index in [1.807, 2.05) is 0 Å². The molecular weight excluding hydrogens is 222 g/mol. The van der Waals surface area contributed by atoms with Gasteiger partial charge in [0.2, 0.25) is 0 Å². The monoisotopic (exact) mass is 243 g/mol. The standard InChI is InChI=1S/C12H21NO4/c1-5-9(10(14)16-7-3)17-11(15)12(4,6-2)8-13/h8-9,13H,5-7H2,1-4H3. The Hall–Kier alpha value is -1.39. The second kappa shape index (κ2) is 7.04. The van der Waals surface area contributed by atoms with Crippen LogP contribution in [0.15, 0.2) is 0 Å². The number of esters is 2. The number of ether oxygens (including phenoxy) is 2. The number of hydrogen-bond donors (Lipinski definition) is 1. The lowest BCUT2D eigenvalue weighted by Gasteiger charge is -2.23. The van der Waals surface area contributed by atoms with Crippen molar-refractivity contribution in [2.45, 2.75) is 46.6 Å². The van der Waals surface area contributed by atoms with Crippen molar-refractivity contribution in [3.63, 3.8) is 0 Å². The molecule has 0 aromatic carbocycles. The fourth-order valence-corrected chi connectivity index (χ4v) is 1.10. The fraction of sp³-hybridized carbons (Fsp3) is 0.750. The van der Waals surface area contributed by atoms with Gasteiger partial charge in [0.1, 0.15) is 0 Å². The lowest BCUT2D eigenvalue weighted by Crippen LogP contribution is -2.37. The quantitative estimate of drug-likeness (QED) is 0.547. The van der Waals surface area contributed by atoms with Crippen molar-refractivity contribution in [2.24, 2.45) is 5.41 Å². The van der Waals surface area contributed by atoms with Crippen LogP contribution in [0.4, 0.5) is 0 Å². The van der Waals surface area contributed by atoms with Crippen molar-refractivity contribution < 1.29 is 19.1 Å². The normalized spacial score (nSPS) is 15.5. The third-order valence-electron chi connectivity index (χ3n) is 2.69. The van der Waals surface area contributed by atoms with Gasteiger partial charge in [-0.1, -0.05) is 13.8 Å². The van der Waals surface area contributed by atoms with Crippen LogP contribution in [-0.2, 0) is 19.1 Å². The molecule has 5 heteroatoms. The molecule has 0 rings (SSSR count). The first-order valence-electron chi connectivity index (χ1n) is 5.84. The van der Waals surface area contributed by atoms with E-state index in [1.54, 1.807) is 27.7 Å². The molecule has 5 nitrogen and oxygen atoms in total. The first kappa shape index (κ1) is 15.6. The minimum Gasteiger partial charge on any atom is -0.463 e. The Morgan fingerprint density at radius 3 is 2.29 bits per heavy atom. The largest absolute Gasteiger partial charge is 0.463 e. The highest BCUT2D eigenvalue weighted by atomic mass is 16.6. The fourth-order valence-electron chi connectivity index (χ4n) is 1.10. The molecule has 2 atom stereocenters. The molecule has 0 aromatic rings. The van der Waals surface area contributed by atoms with Crippen molar-refractivity contribution in [1.29, 1.82) is 5.41 Å². The van der Waals surface area contributed by atoms with Gasteiger partial charge in [0.05, 0.1) is 12.0 Å². The summed E-state index contributed by atoms with van der Waals surface area (Å²) < 4.78 is 9.90. The molecule has 0 aromatic heterocycles. The number of rotatable bonds is 7. The molecule has 0 spiro atoms. The van der Waals surface area contributed by atoms with E-state index in [4.69, 9.17) is 14.9 Å². The van der Waals surface area contributed by atoms with Crippen LogP contribution in [0.2, 0.25) is 0 Å². The highest BCUT2D eigenvalue weighted by Gasteiger charge is 2.34. The molecule has 0 radical (unpaired) electrons. The van der Waals surface area contributed by atoms with Gasteiger partial charge in [-0.25, -0.2) is 4.79 Å².